The van der Waals surface area contributed by atoms with Crippen LogP contribution in [0.3, 0.4) is 0 Å². The van der Waals surface area contributed by atoms with Gasteiger partial charge in [-0.15, -0.1) is 0 Å². The van der Waals surface area contributed by atoms with Crippen LogP contribution in [0, 0.1) is 5.92 Å². The van der Waals surface area contributed by atoms with E-state index >= 15 is 0 Å². The molecule has 0 fully saturated rings. The van der Waals surface area contributed by atoms with E-state index in [1.165, 1.54) is 21.0 Å². The van der Waals surface area contributed by atoms with Gasteiger partial charge in [0.25, 0.3) is 0 Å². The number of hydrogen-bond donors (Lipinski definition) is 0. The van der Waals surface area contributed by atoms with E-state index in [2.05, 4.69) is 0 Å². The first-order valence-electron chi connectivity index (χ1n) is 7.78. The van der Waals surface area contributed by atoms with E-state index in [4.69, 9.17) is 14.2 Å². The van der Waals surface area contributed by atoms with E-state index in [1.54, 1.807) is 6.92 Å². The van der Waals surface area contributed by atoms with Crippen LogP contribution in [0.2, 0.25) is 0 Å². The molecule has 3 unspecified atom stereocenters. The molecular formula is C18H24BO6. The van der Waals surface area contributed by atoms with Gasteiger partial charge in [-0.25, -0.2) is 0 Å². The maximum Gasteiger partial charge on any atom is 0.320 e. The van der Waals surface area contributed by atoms with Crippen molar-refractivity contribution in [3.05, 3.63) is 35.9 Å². The average molecular weight is 347 g/mol. The van der Waals surface area contributed by atoms with Crippen LogP contribution < -0.4 is 0 Å². The summed E-state index contributed by atoms with van der Waals surface area (Å²) in [4.78, 5) is 35.8. The second-order valence-electron chi connectivity index (χ2n) is 5.63. The van der Waals surface area contributed by atoms with Crippen LogP contribution in [0.1, 0.15) is 32.8 Å². The van der Waals surface area contributed by atoms with Gasteiger partial charge >= 0.3 is 11.9 Å². The van der Waals surface area contributed by atoms with Gasteiger partial charge in [0, 0.05) is 15.5 Å². The van der Waals surface area contributed by atoms with Crippen molar-refractivity contribution in [2.75, 3.05) is 7.11 Å². The Kier molecular flexibility index (Phi) is 10.4. The van der Waals surface area contributed by atoms with Crippen molar-refractivity contribution in [1.82, 2.24) is 0 Å². The molecule has 135 valence electrons. The van der Waals surface area contributed by atoms with Gasteiger partial charge < -0.3 is 14.2 Å². The smallest absolute Gasteiger partial charge is 0.320 e. The summed E-state index contributed by atoms with van der Waals surface area (Å²) < 4.78 is 15.3. The maximum absolute atomic E-state index is 12.2. The molecule has 0 aliphatic heterocycles. The Labute approximate surface area is 150 Å². The van der Waals surface area contributed by atoms with E-state index in [-0.39, 0.29) is 27.5 Å². The molecule has 0 aromatic heterocycles. The second-order valence-corrected chi connectivity index (χ2v) is 5.63. The van der Waals surface area contributed by atoms with Crippen molar-refractivity contribution in [3.63, 3.8) is 0 Å². The number of Topliss-reactive ketones (excluding diaryl/α,β-unsaturated/α-hetero) is 1. The fraction of sp³-hybridized carbons (Fsp3) is 0.500. The number of hydrogen-bond acceptors (Lipinski definition) is 6. The fourth-order valence-electron chi connectivity index (χ4n) is 2.15. The Bertz CT molecular complexity index is 560. The third-order valence-electron chi connectivity index (χ3n) is 3.56. The fourth-order valence-corrected chi connectivity index (χ4v) is 2.15. The molecule has 0 saturated heterocycles. The molecule has 0 amide bonds. The number of methoxy groups -OCH3 is 1. The van der Waals surface area contributed by atoms with Crippen LogP contribution in [0.5, 0.6) is 0 Å². The van der Waals surface area contributed by atoms with Gasteiger partial charge in [-0.05, 0) is 26.3 Å². The molecule has 0 saturated carbocycles. The zero-order valence-electron chi connectivity index (χ0n) is 15.1. The Morgan fingerprint density at radius 3 is 2.20 bits per heavy atom. The Morgan fingerprint density at radius 2 is 1.68 bits per heavy atom. The number of benzene rings is 1. The minimum atomic E-state index is -1.14. The number of ether oxygens (including phenoxy) is 3. The predicted molar refractivity (Wildman–Crippen MR) is 92.8 cm³/mol. The Hall–Kier alpha value is -2.15. The SMILES string of the molecule is COC(C)CC(=O)OC(C)C(C(C)=O)C(=O)OCc1ccccc1.[B]. The predicted octanol–water partition coefficient (Wildman–Crippen LogP) is 1.91. The summed E-state index contributed by atoms with van der Waals surface area (Å²) in [5.41, 5.74) is 0.812. The normalized spacial score (nSPS) is 13.8. The van der Waals surface area contributed by atoms with Gasteiger partial charge in [-0.3, -0.25) is 14.4 Å². The first-order chi connectivity index (χ1) is 11.3. The molecule has 0 aliphatic carbocycles. The van der Waals surface area contributed by atoms with Crippen molar-refractivity contribution in [2.45, 2.75) is 46.0 Å². The van der Waals surface area contributed by atoms with Crippen LogP contribution in [-0.2, 0) is 35.2 Å². The van der Waals surface area contributed by atoms with Crippen molar-refractivity contribution in [2.24, 2.45) is 5.92 Å². The lowest BCUT2D eigenvalue weighted by atomic mass is 9.99. The van der Waals surface area contributed by atoms with Crippen LogP contribution in [-0.4, -0.2) is 45.5 Å². The van der Waals surface area contributed by atoms with Gasteiger partial charge in [0.05, 0.1) is 12.5 Å². The van der Waals surface area contributed by atoms with Gasteiger partial charge in [-0.1, -0.05) is 30.3 Å². The quantitative estimate of drug-likeness (QED) is 0.386. The molecule has 0 aliphatic rings. The highest BCUT2D eigenvalue weighted by molar-refractivity contribution is 5.98. The molecule has 6 nitrogen and oxygen atoms in total. The van der Waals surface area contributed by atoms with E-state index in [0.717, 1.165) is 5.56 Å². The lowest BCUT2D eigenvalue weighted by molar-refractivity contribution is -0.164. The monoisotopic (exact) mass is 347 g/mol. The van der Waals surface area contributed by atoms with Gasteiger partial charge in [0.1, 0.15) is 18.5 Å². The van der Waals surface area contributed by atoms with E-state index < -0.39 is 29.7 Å². The molecule has 25 heavy (non-hydrogen) atoms. The molecule has 0 bridgehead atoms. The van der Waals surface area contributed by atoms with Crippen LogP contribution in [0.15, 0.2) is 30.3 Å². The third-order valence-corrected chi connectivity index (χ3v) is 3.56. The van der Waals surface area contributed by atoms with Crippen LogP contribution in [0.25, 0.3) is 0 Å². The van der Waals surface area contributed by atoms with Crippen molar-refractivity contribution >= 4 is 26.1 Å². The number of ketones is 1. The molecular weight excluding hydrogens is 323 g/mol. The summed E-state index contributed by atoms with van der Waals surface area (Å²) in [5.74, 6) is -2.78. The molecule has 1 aromatic carbocycles. The topological polar surface area (TPSA) is 78.9 Å². The third kappa shape index (κ3) is 7.98. The van der Waals surface area contributed by atoms with Gasteiger partial charge in [0.2, 0.25) is 0 Å². The van der Waals surface area contributed by atoms with Crippen molar-refractivity contribution < 1.29 is 28.6 Å². The lowest BCUT2D eigenvalue weighted by Gasteiger charge is -2.21. The van der Waals surface area contributed by atoms with E-state index in [9.17, 15) is 14.4 Å². The molecule has 1 aromatic rings. The Balaban J connectivity index is 0.00000576. The lowest BCUT2D eigenvalue weighted by Crippen LogP contribution is -2.37. The number of carbonyl (C=O) groups is 3. The number of esters is 2. The van der Waals surface area contributed by atoms with Crippen molar-refractivity contribution in [1.29, 1.82) is 0 Å². The minimum Gasteiger partial charge on any atom is -0.461 e. The Morgan fingerprint density at radius 1 is 1.08 bits per heavy atom. The maximum atomic E-state index is 12.2. The summed E-state index contributed by atoms with van der Waals surface area (Å²) in [6, 6.07) is 9.13. The minimum absolute atomic E-state index is 0. The molecule has 3 radical (unpaired) electrons. The average Bonchev–Trinajstić information content (AvgIpc) is 2.53. The van der Waals surface area contributed by atoms with E-state index in [1.807, 2.05) is 30.3 Å². The highest BCUT2D eigenvalue weighted by atomic mass is 16.6. The molecule has 3 atom stereocenters. The largest absolute Gasteiger partial charge is 0.461 e. The number of carbonyl (C=O) groups excluding carboxylic acids is 3. The second kappa shape index (κ2) is 11.4. The van der Waals surface area contributed by atoms with Crippen LogP contribution in [0.4, 0.5) is 0 Å². The first-order valence-corrected chi connectivity index (χ1v) is 7.78. The summed E-state index contributed by atoms with van der Waals surface area (Å²) in [7, 11) is 1.49. The molecule has 0 heterocycles. The molecule has 7 heteroatoms. The zero-order valence-corrected chi connectivity index (χ0v) is 15.1. The molecule has 1 rings (SSSR count). The summed E-state index contributed by atoms with van der Waals surface area (Å²) in [5, 5.41) is 0. The summed E-state index contributed by atoms with van der Waals surface area (Å²) in [6.45, 7) is 4.56. The summed E-state index contributed by atoms with van der Waals surface area (Å²) in [6.07, 6.45) is -1.15. The molecule has 0 spiro atoms. The standard InChI is InChI=1S/C18H24O6.B/c1-12(22-4)10-16(20)24-14(3)17(13(2)19)18(21)23-11-15-8-6-5-7-9-15;/h5-9,12,14,17H,10-11H2,1-4H3;. The first kappa shape index (κ1) is 22.9. The van der Waals surface area contributed by atoms with Crippen molar-refractivity contribution in [3.8, 4) is 0 Å². The van der Waals surface area contributed by atoms with Crippen LogP contribution >= 0.6 is 0 Å². The number of rotatable bonds is 9. The molecule has 0 N–H and O–H groups in total. The van der Waals surface area contributed by atoms with Gasteiger partial charge in [-0.2, -0.15) is 0 Å². The summed E-state index contributed by atoms with van der Waals surface area (Å²) >= 11 is 0. The van der Waals surface area contributed by atoms with E-state index in [0.29, 0.717) is 0 Å². The zero-order chi connectivity index (χ0) is 18.1. The van der Waals surface area contributed by atoms with Gasteiger partial charge in [0.15, 0.2) is 5.92 Å². The highest BCUT2D eigenvalue weighted by Gasteiger charge is 2.33. The highest BCUT2D eigenvalue weighted by Crippen LogP contribution is 2.15.